The molecule has 0 N–H and O–H groups in total. The fourth-order valence-corrected chi connectivity index (χ4v) is 4.97. The number of benzene rings is 3. The SMILES string of the molecule is Cc1ccc(COc2cccc(-c3ccc(Cc4nc5ccccc5n4CC4CCCO4)c(F)c3)n2)cc1. The summed E-state index contributed by atoms with van der Waals surface area (Å²) in [5.74, 6) is 1.08. The Morgan fingerprint density at radius 3 is 2.66 bits per heavy atom. The maximum atomic E-state index is 15.4. The van der Waals surface area contributed by atoms with E-state index in [1.807, 2.05) is 60.7 Å². The molecule has 38 heavy (non-hydrogen) atoms. The summed E-state index contributed by atoms with van der Waals surface area (Å²) < 4.78 is 29.4. The van der Waals surface area contributed by atoms with Crippen molar-refractivity contribution in [3.8, 4) is 17.1 Å². The maximum Gasteiger partial charge on any atom is 0.214 e. The van der Waals surface area contributed by atoms with Gasteiger partial charge in [-0.25, -0.2) is 14.4 Å². The van der Waals surface area contributed by atoms with Gasteiger partial charge in [-0.2, -0.15) is 0 Å². The molecule has 0 amide bonds. The van der Waals surface area contributed by atoms with E-state index in [0.29, 0.717) is 35.7 Å². The maximum absolute atomic E-state index is 15.4. The number of nitrogens with zero attached hydrogens (tertiary/aromatic N) is 3. The highest BCUT2D eigenvalue weighted by Gasteiger charge is 2.20. The Morgan fingerprint density at radius 2 is 1.84 bits per heavy atom. The van der Waals surface area contributed by atoms with Gasteiger partial charge < -0.3 is 14.0 Å². The number of imidazole rings is 1. The summed E-state index contributed by atoms with van der Waals surface area (Å²) in [4.78, 5) is 9.46. The van der Waals surface area contributed by atoms with Gasteiger partial charge in [-0.15, -0.1) is 0 Å². The highest BCUT2D eigenvalue weighted by Crippen LogP contribution is 2.26. The van der Waals surface area contributed by atoms with E-state index in [4.69, 9.17) is 14.5 Å². The Kier molecular flexibility index (Phi) is 6.88. The van der Waals surface area contributed by atoms with Crippen molar-refractivity contribution >= 4 is 11.0 Å². The van der Waals surface area contributed by atoms with Crippen molar-refractivity contribution in [1.29, 1.82) is 0 Å². The van der Waals surface area contributed by atoms with Crippen LogP contribution in [-0.4, -0.2) is 27.2 Å². The van der Waals surface area contributed by atoms with Crippen molar-refractivity contribution < 1.29 is 13.9 Å². The molecule has 6 rings (SSSR count). The minimum absolute atomic E-state index is 0.171. The first-order chi connectivity index (χ1) is 18.6. The molecule has 1 unspecified atom stereocenters. The molecule has 0 radical (unpaired) electrons. The summed E-state index contributed by atoms with van der Waals surface area (Å²) in [6.45, 7) is 4.02. The average molecular weight is 508 g/mol. The number of hydrogen-bond donors (Lipinski definition) is 0. The number of para-hydroxylation sites is 2. The topological polar surface area (TPSA) is 49.2 Å². The predicted molar refractivity (Wildman–Crippen MR) is 147 cm³/mol. The van der Waals surface area contributed by atoms with Crippen LogP contribution in [0.4, 0.5) is 4.39 Å². The zero-order valence-electron chi connectivity index (χ0n) is 21.4. The lowest BCUT2D eigenvalue weighted by atomic mass is 10.1. The van der Waals surface area contributed by atoms with Gasteiger partial charge in [-0.3, -0.25) is 0 Å². The Labute approximate surface area is 221 Å². The molecule has 1 aliphatic heterocycles. The molecular formula is C32H30FN3O2. The lowest BCUT2D eigenvalue weighted by Crippen LogP contribution is -2.17. The van der Waals surface area contributed by atoms with Gasteiger partial charge in [0.15, 0.2) is 0 Å². The average Bonchev–Trinajstić information content (AvgIpc) is 3.58. The van der Waals surface area contributed by atoms with E-state index in [1.165, 1.54) is 5.56 Å². The summed E-state index contributed by atoms with van der Waals surface area (Å²) in [5, 5.41) is 0. The quantitative estimate of drug-likeness (QED) is 0.229. The van der Waals surface area contributed by atoms with Crippen molar-refractivity contribution in [3.05, 3.63) is 113 Å². The lowest BCUT2D eigenvalue weighted by Gasteiger charge is -2.15. The van der Waals surface area contributed by atoms with Crippen molar-refractivity contribution in [2.24, 2.45) is 0 Å². The number of ether oxygens (including phenoxy) is 2. The fourth-order valence-electron chi connectivity index (χ4n) is 4.97. The monoisotopic (exact) mass is 507 g/mol. The van der Waals surface area contributed by atoms with Gasteiger partial charge in [0.1, 0.15) is 18.2 Å². The van der Waals surface area contributed by atoms with E-state index in [-0.39, 0.29) is 11.9 Å². The number of aryl methyl sites for hydroxylation is 1. The number of halogens is 1. The third kappa shape index (κ3) is 5.31. The molecule has 1 fully saturated rings. The summed E-state index contributed by atoms with van der Waals surface area (Å²) in [7, 11) is 0. The Hall–Kier alpha value is -4.03. The van der Waals surface area contributed by atoms with Gasteiger partial charge in [0.25, 0.3) is 0 Å². The smallest absolute Gasteiger partial charge is 0.214 e. The minimum atomic E-state index is -0.272. The normalized spacial score (nSPS) is 15.3. The molecule has 0 bridgehead atoms. The molecule has 0 spiro atoms. The molecule has 5 aromatic rings. The second kappa shape index (κ2) is 10.8. The van der Waals surface area contributed by atoms with Crippen LogP contribution >= 0.6 is 0 Å². The predicted octanol–water partition coefficient (Wildman–Crippen LogP) is 6.89. The molecule has 0 aliphatic carbocycles. The molecule has 3 aromatic carbocycles. The van der Waals surface area contributed by atoms with Gasteiger partial charge in [-0.05, 0) is 55.2 Å². The first-order valence-corrected chi connectivity index (χ1v) is 13.1. The number of rotatable bonds is 8. The molecule has 1 saturated heterocycles. The molecule has 192 valence electrons. The molecule has 0 saturated carbocycles. The van der Waals surface area contributed by atoms with Crippen LogP contribution in [0.25, 0.3) is 22.3 Å². The van der Waals surface area contributed by atoms with Gasteiger partial charge in [0, 0.05) is 24.7 Å². The molecule has 3 heterocycles. The highest BCUT2D eigenvalue weighted by atomic mass is 19.1. The van der Waals surface area contributed by atoms with Crippen LogP contribution in [0.2, 0.25) is 0 Å². The molecule has 1 atom stereocenters. The van der Waals surface area contributed by atoms with E-state index in [2.05, 4.69) is 34.7 Å². The standard InChI is InChI=1S/C32H30FN3O2/c1-22-11-13-23(14-12-22)21-38-32-10-4-8-28(35-32)25-16-15-24(27(33)18-25)19-31-34-29-7-2-3-9-30(29)36(31)20-26-6-5-17-37-26/h2-4,7-16,18,26H,5-6,17,19-21H2,1H3. The number of hydrogen-bond acceptors (Lipinski definition) is 4. The van der Waals surface area contributed by atoms with Gasteiger partial charge in [-0.1, -0.05) is 60.2 Å². The van der Waals surface area contributed by atoms with Crippen LogP contribution in [-0.2, 0) is 24.3 Å². The second-order valence-electron chi connectivity index (χ2n) is 9.88. The van der Waals surface area contributed by atoms with Gasteiger partial charge >= 0.3 is 0 Å². The number of fused-ring (bicyclic) bond motifs is 1. The van der Waals surface area contributed by atoms with Crippen LogP contribution in [0.5, 0.6) is 5.88 Å². The molecule has 5 nitrogen and oxygen atoms in total. The van der Waals surface area contributed by atoms with Crippen LogP contribution in [0, 0.1) is 12.7 Å². The molecule has 1 aliphatic rings. The van der Waals surface area contributed by atoms with E-state index in [0.717, 1.165) is 48.4 Å². The fraction of sp³-hybridized carbons (Fsp3) is 0.250. The van der Waals surface area contributed by atoms with Crippen LogP contribution in [0.1, 0.15) is 35.4 Å². The first-order valence-electron chi connectivity index (χ1n) is 13.1. The third-order valence-electron chi connectivity index (χ3n) is 7.07. The van der Waals surface area contributed by atoms with E-state index in [9.17, 15) is 0 Å². The van der Waals surface area contributed by atoms with Crippen LogP contribution < -0.4 is 4.74 Å². The van der Waals surface area contributed by atoms with E-state index >= 15 is 4.39 Å². The van der Waals surface area contributed by atoms with Crippen LogP contribution in [0.15, 0.2) is 84.9 Å². The summed E-state index contributed by atoms with van der Waals surface area (Å²) in [6, 6.07) is 27.1. The molecular weight excluding hydrogens is 477 g/mol. The Bertz CT molecular complexity index is 1560. The summed E-state index contributed by atoms with van der Waals surface area (Å²) in [5.41, 5.74) is 6.24. The van der Waals surface area contributed by atoms with Gasteiger partial charge in [0.2, 0.25) is 5.88 Å². The minimum Gasteiger partial charge on any atom is -0.473 e. The van der Waals surface area contributed by atoms with Crippen molar-refractivity contribution in [2.75, 3.05) is 6.61 Å². The number of pyridine rings is 1. The first kappa shape index (κ1) is 24.3. The van der Waals surface area contributed by atoms with Crippen LogP contribution in [0.3, 0.4) is 0 Å². The molecule has 6 heteroatoms. The lowest BCUT2D eigenvalue weighted by molar-refractivity contribution is 0.0973. The zero-order valence-corrected chi connectivity index (χ0v) is 21.4. The number of aromatic nitrogens is 3. The molecule has 2 aromatic heterocycles. The van der Waals surface area contributed by atoms with E-state index in [1.54, 1.807) is 6.07 Å². The zero-order chi connectivity index (χ0) is 25.9. The second-order valence-corrected chi connectivity index (χ2v) is 9.88. The Morgan fingerprint density at radius 1 is 0.974 bits per heavy atom. The largest absolute Gasteiger partial charge is 0.473 e. The highest BCUT2D eigenvalue weighted by molar-refractivity contribution is 5.76. The summed E-state index contributed by atoms with van der Waals surface area (Å²) in [6.07, 6.45) is 2.69. The van der Waals surface area contributed by atoms with Gasteiger partial charge in [0.05, 0.1) is 29.4 Å². The third-order valence-corrected chi connectivity index (χ3v) is 7.07. The summed E-state index contributed by atoms with van der Waals surface area (Å²) >= 11 is 0. The Balaban J connectivity index is 1.21. The van der Waals surface area contributed by atoms with Crippen molar-refractivity contribution in [2.45, 2.75) is 45.4 Å². The van der Waals surface area contributed by atoms with Crippen molar-refractivity contribution in [3.63, 3.8) is 0 Å². The van der Waals surface area contributed by atoms with E-state index < -0.39 is 0 Å². The van der Waals surface area contributed by atoms with Crippen molar-refractivity contribution in [1.82, 2.24) is 14.5 Å².